The molecular formula is C22H27N6OP. The van der Waals surface area contributed by atoms with Gasteiger partial charge in [0, 0.05) is 43.8 Å². The molecule has 0 radical (unpaired) electrons. The SMILES string of the molecule is CCc1nc(C)cn2nc(C3=CC(=O)N4C=C(N5CCN(C)CC5)C=CC4P3)cc12. The number of carbonyl (C=O) groups excluding carboxylic acids is 1. The van der Waals surface area contributed by atoms with Crippen molar-refractivity contribution in [3.8, 4) is 0 Å². The van der Waals surface area contributed by atoms with Crippen LogP contribution in [0.25, 0.3) is 10.8 Å². The maximum absolute atomic E-state index is 13.0. The van der Waals surface area contributed by atoms with E-state index >= 15 is 0 Å². The number of hydrogen-bond donors (Lipinski definition) is 0. The van der Waals surface area contributed by atoms with E-state index in [1.54, 1.807) is 6.08 Å². The van der Waals surface area contributed by atoms with Gasteiger partial charge in [-0.15, -0.1) is 0 Å². The van der Waals surface area contributed by atoms with Gasteiger partial charge in [-0.05, 0) is 32.5 Å². The lowest BCUT2D eigenvalue weighted by molar-refractivity contribution is -0.123. The Morgan fingerprint density at radius 1 is 1.23 bits per heavy atom. The van der Waals surface area contributed by atoms with Gasteiger partial charge in [0.15, 0.2) is 0 Å². The first-order valence-electron chi connectivity index (χ1n) is 10.5. The number of carbonyl (C=O) groups is 1. The van der Waals surface area contributed by atoms with Gasteiger partial charge in [0.25, 0.3) is 5.91 Å². The summed E-state index contributed by atoms with van der Waals surface area (Å²) in [6, 6.07) is 2.07. The fourth-order valence-corrected chi connectivity index (χ4v) is 5.57. The second-order valence-corrected chi connectivity index (χ2v) is 9.56. The van der Waals surface area contributed by atoms with Crippen molar-refractivity contribution in [1.82, 2.24) is 29.3 Å². The van der Waals surface area contributed by atoms with E-state index in [1.165, 1.54) is 0 Å². The summed E-state index contributed by atoms with van der Waals surface area (Å²) >= 11 is 0. The first kappa shape index (κ1) is 19.5. The van der Waals surface area contributed by atoms with Crippen LogP contribution in [0.1, 0.15) is 24.0 Å². The van der Waals surface area contributed by atoms with Crippen molar-refractivity contribution in [2.75, 3.05) is 33.2 Å². The Morgan fingerprint density at radius 3 is 2.80 bits per heavy atom. The molecule has 3 aliphatic heterocycles. The molecular weight excluding hydrogens is 395 g/mol. The molecule has 3 aliphatic rings. The molecule has 0 bridgehead atoms. The third kappa shape index (κ3) is 3.46. The van der Waals surface area contributed by atoms with Gasteiger partial charge in [0.2, 0.25) is 0 Å². The smallest absolute Gasteiger partial charge is 0.252 e. The Labute approximate surface area is 178 Å². The summed E-state index contributed by atoms with van der Waals surface area (Å²) in [4.78, 5) is 24.2. The first-order valence-corrected chi connectivity index (χ1v) is 11.6. The molecule has 0 N–H and O–H groups in total. The minimum Gasteiger partial charge on any atom is -0.368 e. The van der Waals surface area contributed by atoms with Crippen LogP contribution in [0.4, 0.5) is 0 Å². The predicted molar refractivity (Wildman–Crippen MR) is 120 cm³/mol. The minimum atomic E-state index is 0.0341. The van der Waals surface area contributed by atoms with Gasteiger partial charge in [-0.25, -0.2) is 4.52 Å². The Kier molecular flexibility index (Phi) is 4.95. The van der Waals surface area contributed by atoms with Gasteiger partial charge in [0.05, 0.1) is 40.3 Å². The van der Waals surface area contributed by atoms with E-state index < -0.39 is 0 Å². The van der Waals surface area contributed by atoms with Crippen molar-refractivity contribution in [1.29, 1.82) is 0 Å². The van der Waals surface area contributed by atoms with Gasteiger partial charge in [-0.2, -0.15) is 5.10 Å². The highest BCUT2D eigenvalue weighted by Gasteiger charge is 2.30. The number of hydrogen-bond acceptors (Lipinski definition) is 5. The number of aryl methyl sites for hydroxylation is 2. The molecule has 0 spiro atoms. The van der Waals surface area contributed by atoms with E-state index in [9.17, 15) is 4.79 Å². The average molecular weight is 422 g/mol. The summed E-state index contributed by atoms with van der Waals surface area (Å²) in [5.41, 5.74) is 5.03. The molecule has 1 amide bonds. The van der Waals surface area contributed by atoms with Crippen LogP contribution in [0.15, 0.2) is 42.4 Å². The number of amides is 1. The number of nitrogens with zero attached hydrogens (tertiary/aromatic N) is 6. The van der Waals surface area contributed by atoms with Crippen molar-refractivity contribution in [3.63, 3.8) is 0 Å². The standard InChI is InChI=1S/C22H27N6OP/c1-4-17-19-11-18(24-28(19)13-15(2)23-17)20-12-21(29)27-14-16(5-6-22(27)30-20)26-9-7-25(3)8-10-26/h5-6,11-14,22,30H,4,7-10H2,1-3H3. The van der Waals surface area contributed by atoms with Crippen molar-refractivity contribution >= 4 is 25.3 Å². The van der Waals surface area contributed by atoms with Gasteiger partial charge >= 0.3 is 0 Å². The van der Waals surface area contributed by atoms with E-state index in [1.807, 2.05) is 28.7 Å². The highest BCUT2D eigenvalue weighted by Crippen LogP contribution is 2.44. The average Bonchev–Trinajstić information content (AvgIpc) is 3.17. The fraction of sp³-hybridized carbons (Fsp3) is 0.409. The molecule has 156 valence electrons. The third-order valence-corrected chi connectivity index (χ3v) is 7.45. The van der Waals surface area contributed by atoms with E-state index in [-0.39, 0.29) is 11.7 Å². The van der Waals surface area contributed by atoms with Crippen LogP contribution in [0.2, 0.25) is 0 Å². The molecule has 5 rings (SSSR count). The van der Waals surface area contributed by atoms with E-state index in [2.05, 4.69) is 47.0 Å². The highest BCUT2D eigenvalue weighted by atomic mass is 31.1. The van der Waals surface area contributed by atoms with Gasteiger partial charge < -0.3 is 14.7 Å². The number of rotatable bonds is 3. The van der Waals surface area contributed by atoms with Gasteiger partial charge in [-0.3, -0.25) is 9.78 Å². The van der Waals surface area contributed by atoms with Crippen molar-refractivity contribution in [2.45, 2.75) is 26.1 Å². The van der Waals surface area contributed by atoms with Crippen LogP contribution >= 0.6 is 8.58 Å². The maximum Gasteiger partial charge on any atom is 0.252 e. The highest BCUT2D eigenvalue weighted by molar-refractivity contribution is 7.51. The lowest BCUT2D eigenvalue weighted by Crippen LogP contribution is -2.45. The molecule has 1 saturated heterocycles. The monoisotopic (exact) mass is 422 g/mol. The summed E-state index contributed by atoms with van der Waals surface area (Å²) in [7, 11) is 2.62. The molecule has 0 aromatic carbocycles. The van der Waals surface area contributed by atoms with Crippen molar-refractivity contribution in [2.24, 2.45) is 0 Å². The summed E-state index contributed by atoms with van der Waals surface area (Å²) in [6.45, 7) is 8.19. The zero-order valence-electron chi connectivity index (χ0n) is 17.7. The largest absolute Gasteiger partial charge is 0.368 e. The minimum absolute atomic E-state index is 0.0341. The zero-order chi connectivity index (χ0) is 20.8. The fourth-order valence-electron chi connectivity index (χ4n) is 4.24. The number of aromatic nitrogens is 3. The molecule has 0 saturated carbocycles. The molecule has 7 nitrogen and oxygen atoms in total. The maximum atomic E-state index is 13.0. The molecule has 30 heavy (non-hydrogen) atoms. The number of fused-ring (bicyclic) bond motifs is 2. The quantitative estimate of drug-likeness (QED) is 0.712. The topological polar surface area (TPSA) is 57.0 Å². The van der Waals surface area contributed by atoms with Crippen LogP contribution in [-0.2, 0) is 11.2 Å². The lowest BCUT2D eigenvalue weighted by atomic mass is 10.2. The molecule has 5 heterocycles. The molecule has 2 atom stereocenters. The Balaban J connectivity index is 1.42. The van der Waals surface area contributed by atoms with Gasteiger partial charge in [0.1, 0.15) is 0 Å². The molecule has 1 fully saturated rings. The Bertz CT molecular complexity index is 1090. The third-order valence-electron chi connectivity index (χ3n) is 5.98. The van der Waals surface area contributed by atoms with Crippen LogP contribution in [0.5, 0.6) is 0 Å². The Hall–Kier alpha value is -2.50. The number of allylic oxidation sites excluding steroid dienone is 1. The summed E-state index contributed by atoms with van der Waals surface area (Å²) in [6.07, 6.45) is 11.0. The van der Waals surface area contributed by atoms with Gasteiger partial charge in [-0.1, -0.05) is 21.6 Å². The van der Waals surface area contributed by atoms with E-state index in [0.717, 1.165) is 66.2 Å². The number of likely N-dealkylation sites (N-methyl/N-ethyl adjacent to an activating group) is 1. The first-order chi connectivity index (χ1) is 14.5. The lowest BCUT2D eigenvalue weighted by Gasteiger charge is -2.39. The summed E-state index contributed by atoms with van der Waals surface area (Å²) < 4.78 is 1.90. The second-order valence-electron chi connectivity index (χ2n) is 8.14. The van der Waals surface area contributed by atoms with Crippen LogP contribution in [0, 0.1) is 6.92 Å². The Morgan fingerprint density at radius 2 is 2.03 bits per heavy atom. The van der Waals surface area contributed by atoms with Crippen LogP contribution in [0.3, 0.4) is 0 Å². The zero-order valence-corrected chi connectivity index (χ0v) is 18.7. The normalized spacial score (nSPS) is 23.2. The summed E-state index contributed by atoms with van der Waals surface area (Å²) in [5.74, 6) is 0.107. The molecule has 2 aromatic rings. The predicted octanol–water partition coefficient (Wildman–Crippen LogP) is 2.45. The molecule has 0 aliphatic carbocycles. The molecule has 2 unspecified atom stereocenters. The molecule has 2 aromatic heterocycles. The van der Waals surface area contributed by atoms with E-state index in [0.29, 0.717) is 8.58 Å². The van der Waals surface area contributed by atoms with Crippen molar-refractivity contribution < 1.29 is 4.79 Å². The van der Waals surface area contributed by atoms with Crippen molar-refractivity contribution in [3.05, 3.63) is 59.5 Å². The van der Waals surface area contributed by atoms with Crippen LogP contribution in [-0.4, -0.2) is 74.2 Å². The van der Waals surface area contributed by atoms with E-state index in [4.69, 9.17) is 5.10 Å². The molecule has 8 heteroatoms. The van der Waals surface area contributed by atoms with Crippen LogP contribution < -0.4 is 0 Å². The second kappa shape index (κ2) is 7.64. The number of piperazine rings is 1. The summed E-state index contributed by atoms with van der Waals surface area (Å²) in [5, 5.41) is 5.78.